The average molecular weight is 370 g/mol. The van der Waals surface area contributed by atoms with Crippen LogP contribution in [-0.4, -0.2) is 31.1 Å². The smallest absolute Gasteiger partial charge is 0.217 e. The van der Waals surface area contributed by atoms with E-state index in [1.807, 2.05) is 20.8 Å². The lowest BCUT2D eigenvalue weighted by Gasteiger charge is -2.37. The van der Waals surface area contributed by atoms with Crippen LogP contribution in [0.25, 0.3) is 0 Å². The summed E-state index contributed by atoms with van der Waals surface area (Å²) in [7, 11) is -3.39. The molecule has 1 aromatic rings. The molecule has 1 aliphatic heterocycles. The summed E-state index contributed by atoms with van der Waals surface area (Å²) in [5.74, 6) is 0.480. The summed E-state index contributed by atoms with van der Waals surface area (Å²) in [6.45, 7) is 8.42. The highest BCUT2D eigenvalue weighted by Crippen LogP contribution is 2.37. The minimum absolute atomic E-state index is 0.0456. The Hall–Kier alpha value is -1.14. The molecule has 0 saturated heterocycles. The largest absolute Gasteiger partial charge is 0.490 e. The predicted octanol–water partition coefficient (Wildman–Crippen LogP) is 3.91. The van der Waals surface area contributed by atoms with Crippen molar-refractivity contribution < 1.29 is 17.5 Å². The van der Waals surface area contributed by atoms with Crippen LogP contribution in [0.1, 0.15) is 57.7 Å². The van der Waals surface area contributed by atoms with Crippen molar-refractivity contribution in [3.05, 3.63) is 29.1 Å². The summed E-state index contributed by atoms with van der Waals surface area (Å²) in [6, 6.07) is 2.92. The number of benzene rings is 1. The lowest BCUT2D eigenvalue weighted by atomic mass is 9.95. The first-order valence-corrected chi connectivity index (χ1v) is 10.7. The lowest BCUT2D eigenvalue weighted by Crippen LogP contribution is -2.44. The Morgan fingerprint density at radius 2 is 1.96 bits per heavy atom. The van der Waals surface area contributed by atoms with Crippen LogP contribution < -0.4 is 4.74 Å². The Bertz CT molecular complexity index is 743. The zero-order chi connectivity index (χ0) is 18.4. The van der Waals surface area contributed by atoms with Gasteiger partial charge in [-0.25, -0.2) is 12.8 Å². The molecule has 1 aliphatic carbocycles. The van der Waals surface area contributed by atoms with Gasteiger partial charge in [0.05, 0.1) is 11.9 Å². The fourth-order valence-electron chi connectivity index (χ4n) is 3.30. The van der Waals surface area contributed by atoms with Gasteiger partial charge in [-0.3, -0.25) is 0 Å². The van der Waals surface area contributed by atoms with Gasteiger partial charge in [0.1, 0.15) is 0 Å². The molecule has 25 heavy (non-hydrogen) atoms. The third-order valence-corrected chi connectivity index (χ3v) is 8.22. The molecule has 0 bridgehead atoms. The van der Waals surface area contributed by atoms with E-state index in [9.17, 15) is 12.8 Å². The molecule has 0 aromatic heterocycles. The molecule has 1 fully saturated rings. The first-order chi connectivity index (χ1) is 11.7. The number of ether oxygens (including phenoxy) is 1. The molecule has 2 atom stereocenters. The van der Waals surface area contributed by atoms with E-state index in [2.05, 4.69) is 0 Å². The van der Waals surface area contributed by atoms with Crippen molar-refractivity contribution >= 4 is 10.0 Å². The SMILES string of the molecule is CC(C)C(C)S(=O)(=O)N1CCc2cc(F)c(OCC3CC3)cc2[C@H]1C. The summed E-state index contributed by atoms with van der Waals surface area (Å²) in [6.07, 6.45) is 2.81. The maximum atomic E-state index is 14.3. The molecule has 1 heterocycles. The van der Waals surface area contributed by atoms with Gasteiger partial charge in [0.15, 0.2) is 11.6 Å². The van der Waals surface area contributed by atoms with Crippen LogP contribution in [0.3, 0.4) is 0 Å². The van der Waals surface area contributed by atoms with Crippen LogP contribution in [-0.2, 0) is 16.4 Å². The Morgan fingerprint density at radius 1 is 1.28 bits per heavy atom. The van der Waals surface area contributed by atoms with Crippen molar-refractivity contribution in [3.63, 3.8) is 0 Å². The zero-order valence-corrected chi connectivity index (χ0v) is 16.3. The summed E-state index contributed by atoms with van der Waals surface area (Å²) < 4.78 is 47.4. The van der Waals surface area contributed by atoms with Gasteiger partial charge in [0.25, 0.3) is 0 Å². The summed E-state index contributed by atoms with van der Waals surface area (Å²) >= 11 is 0. The molecule has 4 nitrogen and oxygen atoms in total. The normalized spacial score (nSPS) is 22.7. The minimum atomic E-state index is -3.39. The van der Waals surface area contributed by atoms with Gasteiger partial charge in [-0.2, -0.15) is 4.31 Å². The second kappa shape index (κ2) is 6.88. The molecule has 0 spiro atoms. The van der Waals surface area contributed by atoms with Crippen LogP contribution in [0, 0.1) is 17.7 Å². The molecular weight excluding hydrogens is 341 g/mol. The van der Waals surface area contributed by atoms with Gasteiger partial charge in [-0.15, -0.1) is 0 Å². The fraction of sp³-hybridized carbons (Fsp3) is 0.684. The molecule has 1 saturated carbocycles. The molecule has 1 aromatic carbocycles. The van der Waals surface area contributed by atoms with Crippen molar-refractivity contribution in [2.45, 2.75) is 58.2 Å². The van der Waals surface area contributed by atoms with Crippen molar-refractivity contribution in [1.82, 2.24) is 4.31 Å². The molecule has 0 radical (unpaired) electrons. The highest BCUT2D eigenvalue weighted by atomic mass is 32.2. The van der Waals surface area contributed by atoms with Gasteiger partial charge in [-0.1, -0.05) is 13.8 Å². The summed E-state index contributed by atoms with van der Waals surface area (Å²) in [5.41, 5.74) is 1.74. The summed E-state index contributed by atoms with van der Waals surface area (Å²) in [4.78, 5) is 0. The van der Waals surface area contributed by atoms with Crippen molar-refractivity contribution in [1.29, 1.82) is 0 Å². The molecule has 140 valence electrons. The molecule has 0 amide bonds. The Kier molecular flexibility index (Phi) is 5.13. The molecular formula is C19H28FNO3S. The predicted molar refractivity (Wildman–Crippen MR) is 96.7 cm³/mol. The summed E-state index contributed by atoms with van der Waals surface area (Å²) in [5, 5.41) is -0.442. The number of hydrogen-bond donors (Lipinski definition) is 0. The van der Waals surface area contributed by atoms with Gasteiger partial charge in [0, 0.05) is 12.6 Å². The van der Waals surface area contributed by atoms with Crippen LogP contribution in [0.4, 0.5) is 4.39 Å². The first kappa shape index (κ1) is 18.6. The molecule has 2 aliphatic rings. The highest BCUT2D eigenvalue weighted by molar-refractivity contribution is 7.89. The number of sulfonamides is 1. The maximum absolute atomic E-state index is 14.3. The quantitative estimate of drug-likeness (QED) is 0.764. The fourth-order valence-corrected chi connectivity index (χ4v) is 5.32. The number of nitrogens with zero attached hydrogens (tertiary/aromatic N) is 1. The van der Waals surface area contributed by atoms with E-state index in [4.69, 9.17) is 4.74 Å². The third kappa shape index (κ3) is 3.70. The van der Waals surface area contributed by atoms with Crippen LogP contribution in [0.15, 0.2) is 12.1 Å². The Labute approximate surface area is 150 Å². The molecule has 3 rings (SSSR count). The van der Waals surface area contributed by atoms with Gasteiger partial charge in [-0.05, 0) is 68.2 Å². The molecule has 1 unspecified atom stereocenters. The standard InChI is InChI=1S/C19H28FNO3S/c1-12(2)14(4)25(22,23)21-8-7-16-9-18(20)19(10-17(16)13(21)3)24-11-15-5-6-15/h9-10,12-15H,5-8,11H2,1-4H3/t13-,14?/m1/s1. The van der Waals surface area contributed by atoms with Crippen molar-refractivity contribution in [2.24, 2.45) is 11.8 Å². The Morgan fingerprint density at radius 3 is 2.56 bits per heavy atom. The van der Waals surface area contributed by atoms with Gasteiger partial charge >= 0.3 is 0 Å². The molecule has 0 N–H and O–H groups in total. The lowest BCUT2D eigenvalue weighted by molar-refractivity contribution is 0.280. The van der Waals surface area contributed by atoms with Crippen LogP contribution in [0.2, 0.25) is 0 Å². The second-order valence-electron chi connectivity index (χ2n) is 7.77. The number of hydrogen-bond acceptors (Lipinski definition) is 3. The van der Waals surface area contributed by atoms with Crippen molar-refractivity contribution in [3.8, 4) is 5.75 Å². The Balaban J connectivity index is 1.87. The highest BCUT2D eigenvalue weighted by Gasteiger charge is 2.37. The topological polar surface area (TPSA) is 46.6 Å². The number of halogens is 1. The van der Waals surface area contributed by atoms with E-state index < -0.39 is 15.3 Å². The van der Waals surface area contributed by atoms with E-state index in [1.165, 1.54) is 6.07 Å². The number of rotatable bonds is 6. The maximum Gasteiger partial charge on any atom is 0.217 e. The van der Waals surface area contributed by atoms with E-state index in [1.54, 1.807) is 17.3 Å². The van der Waals surface area contributed by atoms with E-state index in [-0.39, 0.29) is 23.5 Å². The van der Waals surface area contributed by atoms with Gasteiger partial charge < -0.3 is 4.74 Å². The minimum Gasteiger partial charge on any atom is -0.490 e. The van der Waals surface area contributed by atoms with Crippen LogP contribution in [0.5, 0.6) is 5.75 Å². The van der Waals surface area contributed by atoms with Gasteiger partial charge in [0.2, 0.25) is 10.0 Å². The molecule has 6 heteroatoms. The van der Waals surface area contributed by atoms with Crippen molar-refractivity contribution in [2.75, 3.05) is 13.2 Å². The van der Waals surface area contributed by atoms with E-state index in [0.29, 0.717) is 25.5 Å². The monoisotopic (exact) mass is 369 g/mol. The second-order valence-corrected chi connectivity index (χ2v) is 10.0. The van der Waals surface area contributed by atoms with Crippen LogP contribution >= 0.6 is 0 Å². The van der Waals surface area contributed by atoms with E-state index in [0.717, 1.165) is 24.0 Å². The zero-order valence-electron chi connectivity index (χ0n) is 15.5. The van der Waals surface area contributed by atoms with E-state index >= 15 is 0 Å². The number of fused-ring (bicyclic) bond motifs is 1. The third-order valence-electron chi connectivity index (χ3n) is 5.58. The average Bonchev–Trinajstić information content (AvgIpc) is 3.36. The first-order valence-electron chi connectivity index (χ1n) is 9.17.